The molecule has 110 valence electrons. The molecule has 0 rings (SSSR count). The minimum Gasteiger partial charge on any atom is -0.385 e. The lowest BCUT2D eigenvalue weighted by Crippen LogP contribution is -2.36. The molecule has 0 unspecified atom stereocenters. The van der Waals surface area contributed by atoms with E-state index in [-0.39, 0.29) is 5.54 Å². The predicted molar refractivity (Wildman–Crippen MR) is 80.2 cm³/mol. The van der Waals surface area contributed by atoms with Crippen molar-refractivity contribution in [1.29, 1.82) is 0 Å². The van der Waals surface area contributed by atoms with Crippen LogP contribution in [0.3, 0.4) is 0 Å². The summed E-state index contributed by atoms with van der Waals surface area (Å²) >= 11 is 0. The van der Waals surface area contributed by atoms with Crippen LogP contribution >= 0.6 is 0 Å². The molecule has 0 bridgehead atoms. The van der Waals surface area contributed by atoms with Gasteiger partial charge in [0, 0.05) is 25.8 Å². The Bertz CT molecular complexity index is 178. The van der Waals surface area contributed by atoms with Gasteiger partial charge in [-0.15, -0.1) is 0 Å². The van der Waals surface area contributed by atoms with E-state index in [2.05, 4.69) is 38.0 Å². The highest BCUT2D eigenvalue weighted by atomic mass is 16.5. The minimum atomic E-state index is 0.265. The zero-order valence-electron chi connectivity index (χ0n) is 13.2. The van der Waals surface area contributed by atoms with Crippen LogP contribution in [0.1, 0.15) is 52.9 Å². The zero-order valence-corrected chi connectivity index (χ0v) is 13.2. The molecule has 0 aliphatic heterocycles. The summed E-state index contributed by atoms with van der Waals surface area (Å²) in [5, 5.41) is 3.53. The van der Waals surface area contributed by atoms with Gasteiger partial charge in [0.2, 0.25) is 0 Å². The van der Waals surface area contributed by atoms with Gasteiger partial charge in [0.15, 0.2) is 0 Å². The molecule has 0 saturated heterocycles. The van der Waals surface area contributed by atoms with E-state index in [1.807, 2.05) is 0 Å². The van der Waals surface area contributed by atoms with Crippen LogP contribution in [0.15, 0.2) is 0 Å². The lowest BCUT2D eigenvalue weighted by Gasteiger charge is -2.20. The maximum atomic E-state index is 5.06. The van der Waals surface area contributed by atoms with E-state index in [9.17, 15) is 0 Å². The quantitative estimate of drug-likeness (QED) is 0.577. The Morgan fingerprint density at radius 3 is 2.17 bits per heavy atom. The van der Waals surface area contributed by atoms with Crippen molar-refractivity contribution >= 4 is 0 Å². The van der Waals surface area contributed by atoms with Gasteiger partial charge in [-0.05, 0) is 60.2 Å². The first kappa shape index (κ1) is 17.9. The minimum absolute atomic E-state index is 0.265. The van der Waals surface area contributed by atoms with Crippen molar-refractivity contribution < 1.29 is 4.74 Å². The number of nitrogens with zero attached hydrogens (tertiary/aromatic N) is 1. The highest BCUT2D eigenvalue weighted by molar-refractivity contribution is 4.69. The summed E-state index contributed by atoms with van der Waals surface area (Å²) in [6, 6.07) is 0. The molecule has 3 heteroatoms. The third-order valence-electron chi connectivity index (χ3n) is 3.01. The summed E-state index contributed by atoms with van der Waals surface area (Å²) in [6.07, 6.45) is 6.45. The second-order valence-corrected chi connectivity index (χ2v) is 6.24. The highest BCUT2D eigenvalue weighted by Gasteiger charge is 2.06. The lowest BCUT2D eigenvalue weighted by atomic mass is 10.1. The van der Waals surface area contributed by atoms with Crippen LogP contribution in [0.2, 0.25) is 0 Å². The molecular weight excluding hydrogens is 224 g/mol. The van der Waals surface area contributed by atoms with E-state index in [1.165, 1.54) is 32.2 Å². The topological polar surface area (TPSA) is 24.5 Å². The second kappa shape index (κ2) is 10.8. The number of rotatable bonds is 11. The Labute approximate surface area is 114 Å². The second-order valence-electron chi connectivity index (χ2n) is 6.24. The molecule has 0 aromatic rings. The number of hydrogen-bond acceptors (Lipinski definition) is 3. The molecule has 0 saturated carbocycles. The number of ether oxygens (including phenoxy) is 1. The van der Waals surface area contributed by atoms with Crippen molar-refractivity contribution in [2.24, 2.45) is 0 Å². The van der Waals surface area contributed by atoms with Gasteiger partial charge in [0.25, 0.3) is 0 Å². The zero-order chi connectivity index (χ0) is 13.9. The largest absolute Gasteiger partial charge is 0.385 e. The number of unbranched alkanes of at least 4 members (excludes halogenated alkanes) is 3. The van der Waals surface area contributed by atoms with E-state index in [0.717, 1.165) is 26.1 Å². The van der Waals surface area contributed by atoms with Gasteiger partial charge in [-0.3, -0.25) is 0 Å². The third kappa shape index (κ3) is 13.9. The molecule has 0 heterocycles. The summed E-state index contributed by atoms with van der Waals surface area (Å²) < 4.78 is 5.06. The first-order valence-electron chi connectivity index (χ1n) is 7.38. The third-order valence-corrected chi connectivity index (χ3v) is 3.01. The highest BCUT2D eigenvalue weighted by Crippen LogP contribution is 2.03. The monoisotopic (exact) mass is 258 g/mol. The molecule has 0 fully saturated rings. The van der Waals surface area contributed by atoms with Gasteiger partial charge in [-0.1, -0.05) is 12.8 Å². The average Bonchev–Trinajstić information content (AvgIpc) is 2.26. The Morgan fingerprint density at radius 1 is 0.944 bits per heavy atom. The average molecular weight is 258 g/mol. The number of hydrogen-bond donors (Lipinski definition) is 1. The smallest absolute Gasteiger partial charge is 0.0474 e. The van der Waals surface area contributed by atoms with E-state index < -0.39 is 0 Å². The maximum absolute atomic E-state index is 5.06. The molecule has 3 nitrogen and oxygen atoms in total. The fraction of sp³-hybridized carbons (Fsp3) is 1.00. The van der Waals surface area contributed by atoms with Crippen molar-refractivity contribution in [3.63, 3.8) is 0 Å². The van der Waals surface area contributed by atoms with Crippen molar-refractivity contribution in [3.05, 3.63) is 0 Å². The standard InChI is InChI=1S/C15H34N2O/c1-15(2,3)16-11-8-6-7-9-12-17(4)13-10-14-18-5/h16H,6-14H2,1-5H3. The molecule has 18 heavy (non-hydrogen) atoms. The normalized spacial score (nSPS) is 12.3. The molecule has 0 amide bonds. The lowest BCUT2D eigenvalue weighted by molar-refractivity contribution is 0.179. The van der Waals surface area contributed by atoms with Gasteiger partial charge in [-0.25, -0.2) is 0 Å². The van der Waals surface area contributed by atoms with E-state index in [4.69, 9.17) is 4.74 Å². The van der Waals surface area contributed by atoms with Crippen LogP contribution in [0, 0.1) is 0 Å². The van der Waals surface area contributed by atoms with Crippen LogP contribution < -0.4 is 5.32 Å². The van der Waals surface area contributed by atoms with E-state index >= 15 is 0 Å². The summed E-state index contributed by atoms with van der Waals surface area (Å²) in [5.41, 5.74) is 0.265. The maximum Gasteiger partial charge on any atom is 0.0474 e. The van der Waals surface area contributed by atoms with Crippen molar-refractivity contribution in [3.8, 4) is 0 Å². The molecule has 0 spiro atoms. The van der Waals surface area contributed by atoms with Crippen LogP contribution in [-0.4, -0.2) is 50.8 Å². The van der Waals surface area contributed by atoms with Crippen molar-refractivity contribution in [1.82, 2.24) is 10.2 Å². The molecule has 0 aromatic carbocycles. The molecule has 0 radical (unpaired) electrons. The van der Waals surface area contributed by atoms with Crippen molar-refractivity contribution in [2.45, 2.75) is 58.4 Å². The summed E-state index contributed by atoms with van der Waals surface area (Å²) in [4.78, 5) is 2.41. The Hall–Kier alpha value is -0.120. The Morgan fingerprint density at radius 2 is 1.56 bits per heavy atom. The SMILES string of the molecule is COCCCN(C)CCCCCCNC(C)(C)C. The predicted octanol–water partition coefficient (Wildman–Crippen LogP) is 2.90. The number of nitrogens with one attached hydrogen (secondary N) is 1. The van der Waals surface area contributed by atoms with Gasteiger partial charge >= 0.3 is 0 Å². The van der Waals surface area contributed by atoms with Gasteiger partial charge in [0.05, 0.1) is 0 Å². The van der Waals surface area contributed by atoms with Gasteiger partial charge in [-0.2, -0.15) is 0 Å². The molecular formula is C15H34N2O. The fourth-order valence-corrected chi connectivity index (χ4v) is 1.91. The first-order valence-corrected chi connectivity index (χ1v) is 7.38. The summed E-state index contributed by atoms with van der Waals surface area (Å²) in [7, 11) is 3.97. The fourth-order valence-electron chi connectivity index (χ4n) is 1.91. The Balaban J connectivity index is 3.20. The van der Waals surface area contributed by atoms with E-state index in [1.54, 1.807) is 7.11 Å². The summed E-state index contributed by atoms with van der Waals surface area (Å²) in [5.74, 6) is 0. The molecule has 1 N–H and O–H groups in total. The van der Waals surface area contributed by atoms with Crippen LogP contribution in [0.5, 0.6) is 0 Å². The van der Waals surface area contributed by atoms with E-state index in [0.29, 0.717) is 0 Å². The summed E-state index contributed by atoms with van der Waals surface area (Å²) in [6.45, 7) is 11.1. The number of methoxy groups -OCH3 is 1. The first-order chi connectivity index (χ1) is 8.45. The molecule has 0 aromatic heterocycles. The molecule has 0 aliphatic rings. The Kier molecular flexibility index (Phi) is 10.7. The molecule has 0 aliphatic carbocycles. The van der Waals surface area contributed by atoms with Gasteiger partial charge < -0.3 is 15.0 Å². The van der Waals surface area contributed by atoms with Crippen LogP contribution in [0.25, 0.3) is 0 Å². The van der Waals surface area contributed by atoms with Crippen LogP contribution in [0.4, 0.5) is 0 Å². The van der Waals surface area contributed by atoms with Gasteiger partial charge in [0.1, 0.15) is 0 Å². The molecule has 0 atom stereocenters. The van der Waals surface area contributed by atoms with Crippen LogP contribution in [-0.2, 0) is 4.74 Å². The van der Waals surface area contributed by atoms with Crippen molar-refractivity contribution in [2.75, 3.05) is 40.4 Å².